The van der Waals surface area contributed by atoms with Gasteiger partial charge in [0.15, 0.2) is 0 Å². The SMILES string of the molecule is C=CC(O)c1cnccc1-c1ccccc1.c1ccc(-c2ccncc2)cc1. The zero-order valence-electron chi connectivity index (χ0n) is 15.5. The van der Waals surface area contributed by atoms with Crippen molar-refractivity contribution in [3.8, 4) is 22.3 Å². The van der Waals surface area contributed by atoms with Gasteiger partial charge in [-0.05, 0) is 40.5 Å². The van der Waals surface area contributed by atoms with E-state index in [2.05, 4.69) is 28.7 Å². The molecule has 28 heavy (non-hydrogen) atoms. The molecule has 138 valence electrons. The fraction of sp³-hybridized carbons (Fsp3) is 0.0400. The van der Waals surface area contributed by atoms with Gasteiger partial charge in [0.1, 0.15) is 0 Å². The van der Waals surface area contributed by atoms with Crippen LogP contribution in [0.2, 0.25) is 0 Å². The van der Waals surface area contributed by atoms with E-state index in [1.54, 1.807) is 12.4 Å². The summed E-state index contributed by atoms with van der Waals surface area (Å²) in [5, 5.41) is 9.81. The number of hydrogen-bond acceptors (Lipinski definition) is 3. The number of hydrogen-bond donors (Lipinski definition) is 1. The van der Waals surface area contributed by atoms with Gasteiger partial charge >= 0.3 is 0 Å². The predicted molar refractivity (Wildman–Crippen MR) is 115 cm³/mol. The van der Waals surface area contributed by atoms with Crippen LogP contribution in [0.1, 0.15) is 11.7 Å². The molecule has 2 heterocycles. The molecular weight excluding hydrogens is 344 g/mol. The van der Waals surface area contributed by atoms with Crippen molar-refractivity contribution in [1.82, 2.24) is 9.97 Å². The van der Waals surface area contributed by atoms with Crippen LogP contribution in [0.5, 0.6) is 0 Å². The molecule has 2 aromatic heterocycles. The van der Waals surface area contributed by atoms with Crippen LogP contribution in [-0.4, -0.2) is 15.1 Å². The summed E-state index contributed by atoms with van der Waals surface area (Å²) in [5.41, 5.74) is 5.29. The number of pyridine rings is 2. The van der Waals surface area contributed by atoms with Gasteiger partial charge in [0.2, 0.25) is 0 Å². The molecule has 0 saturated carbocycles. The van der Waals surface area contributed by atoms with Gasteiger partial charge < -0.3 is 5.11 Å². The number of benzene rings is 2. The lowest BCUT2D eigenvalue weighted by molar-refractivity contribution is 0.229. The summed E-state index contributed by atoms with van der Waals surface area (Å²) in [7, 11) is 0. The van der Waals surface area contributed by atoms with E-state index in [1.807, 2.05) is 79.1 Å². The van der Waals surface area contributed by atoms with Crippen LogP contribution < -0.4 is 0 Å². The first kappa shape index (κ1) is 19.2. The summed E-state index contributed by atoms with van der Waals surface area (Å²) in [6, 6.07) is 26.1. The van der Waals surface area contributed by atoms with Gasteiger partial charge in [-0.3, -0.25) is 9.97 Å². The molecule has 1 atom stereocenters. The second-order valence-electron chi connectivity index (χ2n) is 6.11. The minimum Gasteiger partial charge on any atom is -0.384 e. The van der Waals surface area contributed by atoms with Gasteiger partial charge in [-0.15, -0.1) is 6.58 Å². The Balaban J connectivity index is 0.000000167. The highest BCUT2D eigenvalue weighted by Gasteiger charge is 2.10. The monoisotopic (exact) mass is 366 g/mol. The van der Waals surface area contributed by atoms with E-state index in [1.165, 1.54) is 17.2 Å². The molecular formula is C25H22N2O. The summed E-state index contributed by atoms with van der Waals surface area (Å²) in [5.74, 6) is 0. The zero-order valence-corrected chi connectivity index (χ0v) is 15.5. The Morgan fingerprint density at radius 3 is 1.82 bits per heavy atom. The Morgan fingerprint density at radius 1 is 0.679 bits per heavy atom. The summed E-state index contributed by atoms with van der Waals surface area (Å²) < 4.78 is 0. The first-order chi connectivity index (χ1) is 13.8. The highest BCUT2D eigenvalue weighted by molar-refractivity contribution is 5.67. The van der Waals surface area contributed by atoms with E-state index in [-0.39, 0.29) is 0 Å². The van der Waals surface area contributed by atoms with Crippen LogP contribution in [0.4, 0.5) is 0 Å². The maximum absolute atomic E-state index is 9.81. The topological polar surface area (TPSA) is 46.0 Å². The molecule has 1 unspecified atom stereocenters. The minimum absolute atomic E-state index is 0.677. The summed E-state index contributed by atoms with van der Waals surface area (Å²) in [6.45, 7) is 3.59. The average molecular weight is 366 g/mol. The number of nitrogens with zero attached hydrogens (tertiary/aromatic N) is 2. The lowest BCUT2D eigenvalue weighted by Gasteiger charge is -2.11. The number of aromatic nitrogens is 2. The highest BCUT2D eigenvalue weighted by atomic mass is 16.3. The van der Waals surface area contributed by atoms with Gasteiger partial charge in [0, 0.05) is 30.4 Å². The molecule has 1 N–H and O–H groups in total. The van der Waals surface area contributed by atoms with Crippen molar-refractivity contribution < 1.29 is 5.11 Å². The Hall–Kier alpha value is -3.56. The van der Waals surface area contributed by atoms with Crippen molar-refractivity contribution in [2.24, 2.45) is 0 Å². The van der Waals surface area contributed by atoms with E-state index < -0.39 is 6.10 Å². The maximum Gasteiger partial charge on any atom is 0.0990 e. The molecule has 4 aromatic rings. The lowest BCUT2D eigenvalue weighted by Crippen LogP contribution is -1.97. The number of aliphatic hydroxyl groups excluding tert-OH is 1. The average Bonchev–Trinajstić information content (AvgIpc) is 2.81. The molecule has 0 spiro atoms. The van der Waals surface area contributed by atoms with Crippen LogP contribution >= 0.6 is 0 Å². The molecule has 3 heteroatoms. The second kappa shape index (κ2) is 9.95. The fourth-order valence-electron chi connectivity index (χ4n) is 2.82. The first-order valence-corrected chi connectivity index (χ1v) is 9.05. The normalized spacial score (nSPS) is 11.0. The fourth-order valence-corrected chi connectivity index (χ4v) is 2.82. The van der Waals surface area contributed by atoms with Crippen molar-refractivity contribution in [2.75, 3.05) is 0 Å². The summed E-state index contributed by atoms with van der Waals surface area (Å²) >= 11 is 0. The highest BCUT2D eigenvalue weighted by Crippen LogP contribution is 2.27. The molecule has 2 aromatic carbocycles. The van der Waals surface area contributed by atoms with Gasteiger partial charge in [-0.25, -0.2) is 0 Å². The molecule has 0 aliphatic heterocycles. The van der Waals surface area contributed by atoms with E-state index >= 15 is 0 Å². The smallest absolute Gasteiger partial charge is 0.0990 e. The van der Waals surface area contributed by atoms with Crippen LogP contribution in [0.3, 0.4) is 0 Å². The molecule has 4 rings (SSSR count). The van der Waals surface area contributed by atoms with E-state index in [0.717, 1.165) is 16.7 Å². The predicted octanol–water partition coefficient (Wildman–Crippen LogP) is 5.72. The van der Waals surface area contributed by atoms with Crippen molar-refractivity contribution >= 4 is 0 Å². The van der Waals surface area contributed by atoms with E-state index in [9.17, 15) is 5.11 Å². The van der Waals surface area contributed by atoms with Crippen LogP contribution in [0, 0.1) is 0 Å². The molecule has 0 saturated heterocycles. The van der Waals surface area contributed by atoms with Gasteiger partial charge in [0.05, 0.1) is 6.10 Å². The van der Waals surface area contributed by atoms with Crippen molar-refractivity contribution in [3.63, 3.8) is 0 Å². The number of aliphatic hydroxyl groups is 1. The Bertz CT molecular complexity index is 949. The standard InChI is InChI=1S/C14H13NO.C11H9N/c1-2-14(16)13-10-15-9-8-12(13)11-6-4-3-5-7-11;1-2-4-10(5-3-1)11-6-8-12-9-7-11/h2-10,14,16H,1H2;1-9H. The van der Waals surface area contributed by atoms with Crippen LogP contribution in [-0.2, 0) is 0 Å². The molecule has 0 amide bonds. The third-order valence-corrected chi connectivity index (χ3v) is 4.27. The third kappa shape index (κ3) is 5.00. The number of rotatable bonds is 4. The Morgan fingerprint density at radius 2 is 1.21 bits per heavy atom. The van der Waals surface area contributed by atoms with Crippen LogP contribution in [0.25, 0.3) is 22.3 Å². The second-order valence-corrected chi connectivity index (χ2v) is 6.11. The Kier molecular flexibility index (Phi) is 6.83. The molecule has 0 aliphatic carbocycles. The van der Waals surface area contributed by atoms with E-state index in [0.29, 0.717) is 0 Å². The largest absolute Gasteiger partial charge is 0.384 e. The third-order valence-electron chi connectivity index (χ3n) is 4.27. The summed E-state index contributed by atoms with van der Waals surface area (Å²) in [6.07, 6.45) is 7.84. The lowest BCUT2D eigenvalue weighted by atomic mass is 9.98. The van der Waals surface area contributed by atoms with Crippen LogP contribution in [0.15, 0.2) is 116 Å². The van der Waals surface area contributed by atoms with Gasteiger partial charge in [-0.1, -0.05) is 66.7 Å². The Labute approximate surface area is 165 Å². The van der Waals surface area contributed by atoms with Gasteiger partial charge in [-0.2, -0.15) is 0 Å². The van der Waals surface area contributed by atoms with E-state index in [4.69, 9.17) is 0 Å². The molecule has 0 radical (unpaired) electrons. The van der Waals surface area contributed by atoms with Crippen molar-refractivity contribution in [1.29, 1.82) is 0 Å². The zero-order chi connectivity index (χ0) is 19.6. The molecule has 0 aliphatic rings. The van der Waals surface area contributed by atoms with Crippen molar-refractivity contribution in [2.45, 2.75) is 6.10 Å². The van der Waals surface area contributed by atoms with Gasteiger partial charge in [0.25, 0.3) is 0 Å². The quantitative estimate of drug-likeness (QED) is 0.470. The molecule has 0 fully saturated rings. The maximum atomic E-state index is 9.81. The minimum atomic E-state index is -0.677. The molecule has 0 bridgehead atoms. The molecule has 3 nitrogen and oxygen atoms in total. The van der Waals surface area contributed by atoms with Crippen molar-refractivity contribution in [3.05, 3.63) is 122 Å². The first-order valence-electron chi connectivity index (χ1n) is 9.05. The summed E-state index contributed by atoms with van der Waals surface area (Å²) in [4.78, 5) is 8.00.